The Bertz CT molecular complexity index is 624. The zero-order valence-electron chi connectivity index (χ0n) is 11.9. The predicted molar refractivity (Wildman–Crippen MR) is 79.1 cm³/mol. The van der Waals surface area contributed by atoms with Crippen LogP contribution in [0.3, 0.4) is 0 Å². The van der Waals surface area contributed by atoms with Gasteiger partial charge in [0.2, 0.25) is 0 Å². The Morgan fingerprint density at radius 3 is 2.55 bits per heavy atom. The van der Waals surface area contributed by atoms with Crippen molar-refractivity contribution in [1.29, 1.82) is 0 Å². The fourth-order valence-electron chi connectivity index (χ4n) is 1.92. The quantitative estimate of drug-likeness (QED) is 0.685. The summed E-state index contributed by atoms with van der Waals surface area (Å²) >= 11 is 0. The summed E-state index contributed by atoms with van der Waals surface area (Å²) in [5.41, 5.74) is 5.24. The molecule has 1 N–H and O–H groups in total. The number of hydrogen-bond donors (Lipinski definition) is 1. The molecule has 0 fully saturated rings. The highest BCUT2D eigenvalue weighted by atomic mass is 16.3. The summed E-state index contributed by atoms with van der Waals surface area (Å²) in [6, 6.07) is 9.75. The number of benzene rings is 1. The number of carbonyl (C=O) groups excluding carboxylic acids is 1. The first-order chi connectivity index (χ1) is 9.60. The molecule has 2 aromatic rings. The second-order valence-electron chi connectivity index (χ2n) is 4.62. The fraction of sp³-hybridized carbons (Fsp3) is 0.250. The van der Waals surface area contributed by atoms with E-state index < -0.39 is 0 Å². The summed E-state index contributed by atoms with van der Waals surface area (Å²) in [4.78, 5) is 11.9. The molecule has 4 heteroatoms. The summed E-state index contributed by atoms with van der Waals surface area (Å²) in [6.07, 6.45) is 2.63. The lowest BCUT2D eigenvalue weighted by molar-refractivity contribution is 0.0953. The number of aryl methyl sites for hydroxylation is 3. The van der Waals surface area contributed by atoms with Gasteiger partial charge in [0.05, 0.1) is 11.8 Å². The van der Waals surface area contributed by atoms with E-state index in [1.54, 1.807) is 19.2 Å². The Labute approximate surface area is 118 Å². The zero-order chi connectivity index (χ0) is 14.5. The molecule has 1 amide bonds. The van der Waals surface area contributed by atoms with Crippen molar-refractivity contribution in [3.63, 3.8) is 0 Å². The molecule has 20 heavy (non-hydrogen) atoms. The van der Waals surface area contributed by atoms with Crippen LogP contribution >= 0.6 is 0 Å². The van der Waals surface area contributed by atoms with Crippen LogP contribution in [0.5, 0.6) is 0 Å². The molecule has 0 unspecified atom stereocenters. The Morgan fingerprint density at radius 1 is 1.30 bits per heavy atom. The van der Waals surface area contributed by atoms with E-state index in [0.717, 1.165) is 12.0 Å². The molecule has 0 radical (unpaired) electrons. The van der Waals surface area contributed by atoms with Gasteiger partial charge < -0.3 is 4.42 Å². The molecule has 0 bridgehead atoms. The van der Waals surface area contributed by atoms with E-state index in [1.807, 2.05) is 31.2 Å². The van der Waals surface area contributed by atoms with Crippen LogP contribution in [-0.2, 0) is 6.42 Å². The molecule has 0 spiro atoms. The number of carbonyl (C=O) groups is 1. The monoisotopic (exact) mass is 270 g/mol. The van der Waals surface area contributed by atoms with Crippen molar-refractivity contribution in [3.05, 3.63) is 58.5 Å². The van der Waals surface area contributed by atoms with Crippen LogP contribution in [0.1, 0.15) is 39.9 Å². The minimum atomic E-state index is -0.263. The van der Waals surface area contributed by atoms with Gasteiger partial charge in [0, 0.05) is 0 Å². The van der Waals surface area contributed by atoms with Crippen LogP contribution in [-0.4, -0.2) is 12.1 Å². The first-order valence-electron chi connectivity index (χ1n) is 6.59. The number of nitrogens with one attached hydrogen (secondary N) is 1. The minimum absolute atomic E-state index is 0.263. The standard InChI is InChI=1S/C16H18N2O2/c1-4-13-5-7-14(8-6-13)10-17-18-16(19)15-9-11(2)20-12(15)3/h5-10H,4H2,1-3H3,(H,18,19). The highest BCUT2D eigenvalue weighted by Gasteiger charge is 2.12. The Kier molecular flexibility index (Phi) is 4.35. The van der Waals surface area contributed by atoms with Crippen molar-refractivity contribution < 1.29 is 9.21 Å². The number of hydrazone groups is 1. The van der Waals surface area contributed by atoms with Gasteiger partial charge in [0.15, 0.2) is 0 Å². The normalized spacial score (nSPS) is 10.9. The molecule has 2 rings (SSSR count). The second kappa shape index (κ2) is 6.19. The molecular weight excluding hydrogens is 252 g/mol. The van der Waals surface area contributed by atoms with E-state index in [0.29, 0.717) is 17.1 Å². The summed E-state index contributed by atoms with van der Waals surface area (Å²) in [5, 5.41) is 3.96. The van der Waals surface area contributed by atoms with E-state index in [4.69, 9.17) is 4.42 Å². The first kappa shape index (κ1) is 14.1. The van der Waals surface area contributed by atoms with E-state index in [-0.39, 0.29) is 5.91 Å². The lowest BCUT2D eigenvalue weighted by Crippen LogP contribution is -2.17. The maximum atomic E-state index is 11.9. The molecule has 0 aliphatic heterocycles. The maximum absolute atomic E-state index is 11.9. The molecule has 4 nitrogen and oxygen atoms in total. The van der Waals surface area contributed by atoms with Crippen molar-refractivity contribution in [2.24, 2.45) is 5.10 Å². The van der Waals surface area contributed by atoms with E-state index in [1.165, 1.54) is 5.56 Å². The molecule has 0 saturated heterocycles. The summed E-state index contributed by atoms with van der Waals surface area (Å²) < 4.78 is 5.31. The van der Waals surface area contributed by atoms with Gasteiger partial charge in [-0.1, -0.05) is 31.2 Å². The van der Waals surface area contributed by atoms with Crippen LogP contribution in [0.4, 0.5) is 0 Å². The highest BCUT2D eigenvalue weighted by Crippen LogP contribution is 2.13. The number of furan rings is 1. The largest absolute Gasteiger partial charge is 0.466 e. The molecule has 1 heterocycles. The average Bonchev–Trinajstić information content (AvgIpc) is 2.78. The summed E-state index contributed by atoms with van der Waals surface area (Å²) in [7, 11) is 0. The third-order valence-electron chi connectivity index (χ3n) is 3.05. The number of hydrogen-bond acceptors (Lipinski definition) is 3. The zero-order valence-corrected chi connectivity index (χ0v) is 11.9. The smallest absolute Gasteiger partial charge is 0.274 e. The van der Waals surface area contributed by atoms with E-state index >= 15 is 0 Å². The second-order valence-corrected chi connectivity index (χ2v) is 4.62. The van der Waals surface area contributed by atoms with Gasteiger partial charge in [-0.25, -0.2) is 5.43 Å². The maximum Gasteiger partial charge on any atom is 0.274 e. The van der Waals surface area contributed by atoms with Crippen molar-refractivity contribution in [2.75, 3.05) is 0 Å². The number of rotatable bonds is 4. The third-order valence-corrected chi connectivity index (χ3v) is 3.05. The Balaban J connectivity index is 1.98. The highest BCUT2D eigenvalue weighted by molar-refractivity contribution is 5.95. The van der Waals surface area contributed by atoms with Crippen LogP contribution < -0.4 is 5.43 Å². The number of amides is 1. The lowest BCUT2D eigenvalue weighted by Gasteiger charge is -1.98. The van der Waals surface area contributed by atoms with Gasteiger partial charge in [-0.2, -0.15) is 5.10 Å². The van der Waals surface area contributed by atoms with Gasteiger partial charge in [-0.05, 0) is 37.5 Å². The molecule has 0 saturated carbocycles. The topological polar surface area (TPSA) is 54.6 Å². The average molecular weight is 270 g/mol. The molecule has 0 aliphatic rings. The molecule has 1 aromatic heterocycles. The van der Waals surface area contributed by atoms with E-state index in [2.05, 4.69) is 17.5 Å². The van der Waals surface area contributed by atoms with Gasteiger partial charge in [-0.3, -0.25) is 4.79 Å². The summed E-state index contributed by atoms with van der Waals surface area (Å²) in [6.45, 7) is 5.68. The van der Waals surface area contributed by atoms with Crippen LogP contribution in [0.25, 0.3) is 0 Å². The van der Waals surface area contributed by atoms with Gasteiger partial charge in [0.1, 0.15) is 11.5 Å². The molecule has 0 atom stereocenters. The van der Waals surface area contributed by atoms with Crippen LogP contribution in [0, 0.1) is 13.8 Å². The predicted octanol–water partition coefficient (Wildman–Crippen LogP) is 3.22. The van der Waals surface area contributed by atoms with Crippen molar-refractivity contribution >= 4 is 12.1 Å². The Morgan fingerprint density at radius 2 is 2.00 bits per heavy atom. The molecule has 104 valence electrons. The first-order valence-corrected chi connectivity index (χ1v) is 6.59. The van der Waals surface area contributed by atoms with Gasteiger partial charge in [-0.15, -0.1) is 0 Å². The fourth-order valence-corrected chi connectivity index (χ4v) is 1.92. The lowest BCUT2D eigenvalue weighted by atomic mass is 10.1. The van der Waals surface area contributed by atoms with Crippen molar-refractivity contribution in [1.82, 2.24) is 5.43 Å². The van der Waals surface area contributed by atoms with E-state index in [9.17, 15) is 4.79 Å². The Hall–Kier alpha value is -2.36. The van der Waals surface area contributed by atoms with Gasteiger partial charge in [0.25, 0.3) is 5.91 Å². The molecular formula is C16H18N2O2. The van der Waals surface area contributed by atoms with Crippen molar-refractivity contribution in [3.8, 4) is 0 Å². The number of nitrogens with zero attached hydrogens (tertiary/aromatic N) is 1. The van der Waals surface area contributed by atoms with Crippen LogP contribution in [0.2, 0.25) is 0 Å². The minimum Gasteiger partial charge on any atom is -0.466 e. The third kappa shape index (κ3) is 3.35. The summed E-state index contributed by atoms with van der Waals surface area (Å²) in [5.74, 6) is 1.05. The van der Waals surface area contributed by atoms with Crippen molar-refractivity contribution in [2.45, 2.75) is 27.2 Å². The molecule has 1 aromatic carbocycles. The molecule has 0 aliphatic carbocycles. The van der Waals surface area contributed by atoms with Crippen LogP contribution in [0.15, 0.2) is 39.9 Å². The van der Waals surface area contributed by atoms with Gasteiger partial charge >= 0.3 is 0 Å². The SMILES string of the molecule is CCc1ccc(C=NNC(=O)c2cc(C)oc2C)cc1.